The summed E-state index contributed by atoms with van der Waals surface area (Å²) in [5, 5.41) is 23.2. The molecule has 4 aliphatic carbocycles. The third-order valence-electron chi connectivity index (χ3n) is 6.94. The average Bonchev–Trinajstić information content (AvgIpc) is 2.53. The highest BCUT2D eigenvalue weighted by Gasteiger charge is 2.58. The van der Waals surface area contributed by atoms with Crippen LogP contribution in [0, 0.1) is 17.3 Å². The molecule has 4 bridgehead atoms. The lowest BCUT2D eigenvalue weighted by Crippen LogP contribution is -2.61. The highest BCUT2D eigenvalue weighted by molar-refractivity contribution is 5.79. The van der Waals surface area contributed by atoms with Crippen LogP contribution in [0.1, 0.15) is 56.6 Å². The van der Waals surface area contributed by atoms with Gasteiger partial charge in [0.25, 0.3) is 0 Å². The lowest BCUT2D eigenvalue weighted by molar-refractivity contribution is -0.173. The molecule has 0 saturated heterocycles. The highest BCUT2D eigenvalue weighted by atomic mass is 16.3. The van der Waals surface area contributed by atoms with Gasteiger partial charge in [-0.2, -0.15) is 0 Å². The van der Waals surface area contributed by atoms with Gasteiger partial charge in [0.05, 0.1) is 18.6 Å². The lowest BCUT2D eigenvalue weighted by Gasteiger charge is -2.62. The Kier molecular flexibility index (Phi) is 4.16. The molecule has 4 aliphatic rings. The van der Waals surface area contributed by atoms with Crippen molar-refractivity contribution in [2.45, 2.75) is 70.1 Å². The summed E-state index contributed by atoms with van der Waals surface area (Å²) in [5.74, 6) is 1.32. The van der Waals surface area contributed by atoms with Gasteiger partial charge in [0, 0.05) is 6.04 Å². The standard InChI is InChI=1S/C21H29NO3/c1-14(22-19(24)7-15-2-4-16(12-23)5-3-15)20-8-17-6-18(9-20)11-21(25,10-17)13-20/h2-5,14,17-18,23,25H,6-13H2,1H3,(H,22,24). The first-order valence-corrected chi connectivity index (χ1v) is 9.60. The maximum Gasteiger partial charge on any atom is 0.224 e. The molecule has 136 valence electrons. The summed E-state index contributed by atoms with van der Waals surface area (Å²) >= 11 is 0. The first kappa shape index (κ1) is 17.0. The van der Waals surface area contributed by atoms with Gasteiger partial charge < -0.3 is 15.5 Å². The lowest BCUT2D eigenvalue weighted by atomic mass is 9.46. The van der Waals surface area contributed by atoms with Crippen LogP contribution in [0.15, 0.2) is 24.3 Å². The summed E-state index contributed by atoms with van der Waals surface area (Å²) in [6, 6.07) is 7.64. The summed E-state index contributed by atoms with van der Waals surface area (Å²) < 4.78 is 0. The first-order chi connectivity index (χ1) is 11.9. The van der Waals surface area contributed by atoms with Crippen LogP contribution in [0.4, 0.5) is 0 Å². The largest absolute Gasteiger partial charge is 0.392 e. The van der Waals surface area contributed by atoms with Crippen molar-refractivity contribution < 1.29 is 15.0 Å². The minimum atomic E-state index is -0.483. The molecule has 3 unspecified atom stereocenters. The Hall–Kier alpha value is -1.39. The van der Waals surface area contributed by atoms with Crippen LogP contribution in [-0.2, 0) is 17.8 Å². The second-order valence-electron chi connectivity index (χ2n) is 8.99. The van der Waals surface area contributed by atoms with Crippen molar-refractivity contribution in [2.24, 2.45) is 17.3 Å². The Labute approximate surface area is 149 Å². The van der Waals surface area contributed by atoms with E-state index in [1.54, 1.807) is 0 Å². The van der Waals surface area contributed by atoms with Crippen LogP contribution in [0.5, 0.6) is 0 Å². The van der Waals surface area contributed by atoms with E-state index in [9.17, 15) is 9.90 Å². The molecular weight excluding hydrogens is 314 g/mol. The fourth-order valence-corrected chi connectivity index (χ4v) is 6.18. The minimum absolute atomic E-state index is 0.0251. The number of benzene rings is 1. The summed E-state index contributed by atoms with van der Waals surface area (Å²) in [5.41, 5.74) is 1.42. The van der Waals surface area contributed by atoms with Gasteiger partial charge in [0.2, 0.25) is 5.91 Å². The SMILES string of the molecule is CC(NC(=O)Cc1ccc(CO)cc1)C12CC3CC(CC(O)(C3)C1)C2. The van der Waals surface area contributed by atoms with Crippen molar-refractivity contribution in [1.29, 1.82) is 0 Å². The zero-order valence-corrected chi connectivity index (χ0v) is 15.0. The van der Waals surface area contributed by atoms with E-state index in [1.165, 1.54) is 6.42 Å². The molecular formula is C21H29NO3. The quantitative estimate of drug-likeness (QED) is 0.769. The minimum Gasteiger partial charge on any atom is -0.392 e. The molecule has 4 heteroatoms. The number of hydrogen-bond acceptors (Lipinski definition) is 3. The number of nitrogens with one attached hydrogen (secondary N) is 1. The number of carbonyl (C=O) groups is 1. The molecule has 0 spiro atoms. The second kappa shape index (κ2) is 6.10. The maximum atomic E-state index is 12.5. The Morgan fingerprint density at radius 3 is 2.32 bits per heavy atom. The number of hydrogen-bond donors (Lipinski definition) is 3. The molecule has 0 heterocycles. The molecule has 0 aliphatic heterocycles. The second-order valence-corrected chi connectivity index (χ2v) is 8.99. The van der Waals surface area contributed by atoms with E-state index in [4.69, 9.17) is 5.11 Å². The molecule has 0 radical (unpaired) electrons. The molecule has 0 aromatic heterocycles. The van der Waals surface area contributed by atoms with Crippen molar-refractivity contribution in [3.8, 4) is 0 Å². The van der Waals surface area contributed by atoms with Crippen LogP contribution in [0.2, 0.25) is 0 Å². The van der Waals surface area contributed by atoms with Gasteiger partial charge in [0.1, 0.15) is 0 Å². The molecule has 1 aromatic rings. The Morgan fingerprint density at radius 2 is 1.76 bits per heavy atom. The van der Waals surface area contributed by atoms with E-state index in [1.807, 2.05) is 24.3 Å². The van der Waals surface area contributed by atoms with Crippen LogP contribution in [0.25, 0.3) is 0 Å². The normalized spacial score (nSPS) is 37.1. The third kappa shape index (κ3) is 3.22. The fourth-order valence-electron chi connectivity index (χ4n) is 6.18. The topological polar surface area (TPSA) is 69.6 Å². The van der Waals surface area contributed by atoms with Crippen LogP contribution in [-0.4, -0.2) is 27.8 Å². The number of aliphatic hydroxyl groups is 2. The highest BCUT2D eigenvalue weighted by Crippen LogP contribution is 2.62. The van der Waals surface area contributed by atoms with Crippen LogP contribution < -0.4 is 5.32 Å². The molecule has 1 amide bonds. The van der Waals surface area contributed by atoms with E-state index in [0.717, 1.165) is 43.2 Å². The zero-order valence-electron chi connectivity index (χ0n) is 15.0. The van der Waals surface area contributed by atoms with E-state index >= 15 is 0 Å². The van der Waals surface area contributed by atoms with Gasteiger partial charge >= 0.3 is 0 Å². The number of aliphatic hydroxyl groups excluding tert-OH is 1. The summed E-state index contributed by atoms with van der Waals surface area (Å²) in [6.45, 7) is 2.15. The van der Waals surface area contributed by atoms with Crippen molar-refractivity contribution in [1.82, 2.24) is 5.32 Å². The molecule has 5 rings (SSSR count). The average molecular weight is 343 g/mol. The molecule has 4 saturated carbocycles. The van der Waals surface area contributed by atoms with Gasteiger partial charge in [-0.15, -0.1) is 0 Å². The van der Waals surface area contributed by atoms with Crippen molar-refractivity contribution >= 4 is 5.91 Å². The van der Waals surface area contributed by atoms with Crippen LogP contribution in [0.3, 0.4) is 0 Å². The summed E-state index contributed by atoms with van der Waals surface area (Å²) in [4.78, 5) is 12.5. The number of rotatable bonds is 5. The van der Waals surface area contributed by atoms with Gasteiger partial charge in [0.15, 0.2) is 0 Å². The van der Waals surface area contributed by atoms with Crippen LogP contribution >= 0.6 is 0 Å². The van der Waals surface area contributed by atoms with Gasteiger partial charge in [-0.25, -0.2) is 0 Å². The van der Waals surface area contributed by atoms with E-state index in [0.29, 0.717) is 18.3 Å². The van der Waals surface area contributed by atoms with E-state index in [2.05, 4.69) is 12.2 Å². The molecule has 1 aromatic carbocycles. The number of carbonyl (C=O) groups excluding carboxylic acids is 1. The molecule has 4 fully saturated rings. The predicted octanol–water partition coefficient (Wildman–Crippen LogP) is 2.56. The Bertz CT molecular complexity index is 640. The zero-order chi connectivity index (χ0) is 17.7. The number of amides is 1. The van der Waals surface area contributed by atoms with Gasteiger partial charge in [-0.1, -0.05) is 24.3 Å². The maximum absolute atomic E-state index is 12.5. The smallest absolute Gasteiger partial charge is 0.224 e. The molecule has 4 nitrogen and oxygen atoms in total. The monoisotopic (exact) mass is 343 g/mol. The van der Waals surface area contributed by atoms with E-state index < -0.39 is 5.60 Å². The molecule has 3 N–H and O–H groups in total. The van der Waals surface area contributed by atoms with Crippen molar-refractivity contribution in [3.63, 3.8) is 0 Å². The van der Waals surface area contributed by atoms with Crippen molar-refractivity contribution in [3.05, 3.63) is 35.4 Å². The van der Waals surface area contributed by atoms with Gasteiger partial charge in [-0.05, 0) is 73.8 Å². The fraction of sp³-hybridized carbons (Fsp3) is 0.667. The predicted molar refractivity (Wildman–Crippen MR) is 95.7 cm³/mol. The Morgan fingerprint density at radius 1 is 1.16 bits per heavy atom. The summed E-state index contributed by atoms with van der Waals surface area (Å²) in [7, 11) is 0. The van der Waals surface area contributed by atoms with Crippen molar-refractivity contribution in [2.75, 3.05) is 0 Å². The molecule has 25 heavy (non-hydrogen) atoms. The van der Waals surface area contributed by atoms with E-state index in [-0.39, 0.29) is 24.0 Å². The third-order valence-corrected chi connectivity index (χ3v) is 6.94. The molecule has 3 atom stereocenters. The first-order valence-electron chi connectivity index (χ1n) is 9.60. The van der Waals surface area contributed by atoms with Gasteiger partial charge in [-0.3, -0.25) is 4.79 Å². The summed E-state index contributed by atoms with van der Waals surface area (Å²) in [6.07, 6.45) is 6.70. The Balaban J connectivity index is 1.41.